The van der Waals surface area contributed by atoms with Crippen LogP contribution in [-0.2, 0) is 9.53 Å². The van der Waals surface area contributed by atoms with E-state index in [4.69, 9.17) is 16.3 Å². The first-order valence-corrected chi connectivity index (χ1v) is 11.2. The van der Waals surface area contributed by atoms with Crippen molar-refractivity contribution in [1.29, 1.82) is 0 Å². The number of hydrogen-bond donors (Lipinski definition) is 2. The Morgan fingerprint density at radius 1 is 1.09 bits per heavy atom. The molecule has 0 saturated carbocycles. The Morgan fingerprint density at radius 2 is 1.88 bits per heavy atom. The van der Waals surface area contributed by atoms with Gasteiger partial charge in [0, 0.05) is 30.2 Å². The highest BCUT2D eigenvalue weighted by molar-refractivity contribution is 6.30. The van der Waals surface area contributed by atoms with Crippen LogP contribution in [0.3, 0.4) is 0 Å². The summed E-state index contributed by atoms with van der Waals surface area (Å²) in [6, 6.07) is 16.1. The van der Waals surface area contributed by atoms with Gasteiger partial charge in [-0.15, -0.1) is 0 Å². The zero-order valence-corrected chi connectivity index (χ0v) is 18.8. The molecule has 2 aromatic carbocycles. The minimum atomic E-state index is -0.291. The van der Waals surface area contributed by atoms with Crippen molar-refractivity contribution in [2.45, 2.75) is 25.3 Å². The van der Waals surface area contributed by atoms with E-state index in [1.54, 1.807) is 30.5 Å². The summed E-state index contributed by atoms with van der Waals surface area (Å²) in [5.74, 6) is -0.220. The molecule has 1 atom stereocenters. The van der Waals surface area contributed by atoms with Crippen molar-refractivity contribution in [1.82, 2.24) is 15.6 Å². The molecule has 1 fully saturated rings. The van der Waals surface area contributed by atoms with Crippen molar-refractivity contribution >= 4 is 29.6 Å². The lowest BCUT2D eigenvalue weighted by atomic mass is 10.1. The summed E-state index contributed by atoms with van der Waals surface area (Å²) in [6.45, 7) is 3.21. The molecule has 8 heteroatoms. The smallest absolute Gasteiger partial charge is 0.257 e. The minimum Gasteiger partial charge on any atom is -0.379 e. The Morgan fingerprint density at radius 3 is 2.62 bits per heavy atom. The van der Waals surface area contributed by atoms with Crippen molar-refractivity contribution in [2.75, 3.05) is 32.8 Å². The van der Waals surface area contributed by atoms with Crippen LogP contribution in [0.15, 0.2) is 59.7 Å². The minimum absolute atomic E-state index is 0.0802. The van der Waals surface area contributed by atoms with E-state index in [0.717, 1.165) is 18.4 Å². The molecule has 3 rings (SSSR count). The number of hydrogen-bond acceptors (Lipinski definition) is 5. The monoisotopic (exact) mass is 456 g/mol. The number of nitrogens with zero attached hydrogens (tertiary/aromatic N) is 2. The molecule has 0 radical (unpaired) electrons. The SMILES string of the molecule is O=C(NCCCCC(C(=O)NN=Cc1cccc(Cl)c1)N1CCOCC1)c1ccccc1. The quantitative estimate of drug-likeness (QED) is 0.327. The lowest BCUT2D eigenvalue weighted by Gasteiger charge is -2.33. The van der Waals surface area contributed by atoms with Crippen molar-refractivity contribution in [3.63, 3.8) is 0 Å². The highest BCUT2D eigenvalue weighted by Crippen LogP contribution is 2.12. The summed E-state index contributed by atoms with van der Waals surface area (Å²) in [5.41, 5.74) is 4.13. The van der Waals surface area contributed by atoms with Gasteiger partial charge in [0.05, 0.1) is 25.5 Å². The van der Waals surface area contributed by atoms with Gasteiger partial charge in [0.1, 0.15) is 0 Å². The third kappa shape index (κ3) is 7.75. The van der Waals surface area contributed by atoms with Gasteiger partial charge in [-0.25, -0.2) is 5.43 Å². The number of morpholine rings is 1. The Labute approximate surface area is 193 Å². The molecule has 0 spiro atoms. The molecule has 2 aromatic rings. The van der Waals surface area contributed by atoms with Gasteiger partial charge in [0.25, 0.3) is 11.8 Å². The first-order valence-electron chi connectivity index (χ1n) is 10.9. The van der Waals surface area contributed by atoms with Crippen molar-refractivity contribution in [3.8, 4) is 0 Å². The van der Waals surface area contributed by atoms with Gasteiger partial charge in [-0.2, -0.15) is 5.10 Å². The molecule has 1 aliphatic rings. The number of amides is 2. The molecule has 170 valence electrons. The summed E-state index contributed by atoms with van der Waals surface area (Å²) in [7, 11) is 0. The molecule has 1 saturated heterocycles. The van der Waals surface area contributed by atoms with Gasteiger partial charge in [-0.05, 0) is 49.1 Å². The maximum Gasteiger partial charge on any atom is 0.257 e. The molecule has 0 aromatic heterocycles. The Balaban J connectivity index is 1.47. The Kier molecular flexibility index (Phi) is 9.68. The van der Waals surface area contributed by atoms with Gasteiger partial charge >= 0.3 is 0 Å². The largest absolute Gasteiger partial charge is 0.379 e. The second-order valence-corrected chi connectivity index (χ2v) is 8.01. The van der Waals surface area contributed by atoms with Crippen molar-refractivity contribution < 1.29 is 14.3 Å². The van der Waals surface area contributed by atoms with Crippen LogP contribution in [0.2, 0.25) is 5.02 Å². The lowest BCUT2D eigenvalue weighted by Crippen LogP contribution is -2.50. The maximum absolute atomic E-state index is 12.9. The summed E-state index contributed by atoms with van der Waals surface area (Å²) in [5, 5.41) is 7.65. The number of unbranched alkanes of at least 4 members (excludes halogenated alkanes) is 1. The summed E-state index contributed by atoms with van der Waals surface area (Å²) in [6.07, 6.45) is 3.86. The highest BCUT2D eigenvalue weighted by Gasteiger charge is 2.26. The maximum atomic E-state index is 12.9. The van der Waals surface area contributed by atoms with E-state index in [9.17, 15) is 9.59 Å². The average molecular weight is 457 g/mol. The first kappa shape index (κ1) is 23.9. The fourth-order valence-corrected chi connectivity index (χ4v) is 3.76. The van der Waals surface area contributed by atoms with Crippen LogP contribution in [0.25, 0.3) is 0 Å². The van der Waals surface area contributed by atoms with E-state index in [-0.39, 0.29) is 17.9 Å². The van der Waals surface area contributed by atoms with Gasteiger partial charge in [0.15, 0.2) is 0 Å². The van der Waals surface area contributed by atoms with Crippen LogP contribution in [-0.4, -0.2) is 61.8 Å². The van der Waals surface area contributed by atoms with Crippen LogP contribution in [0, 0.1) is 0 Å². The topological polar surface area (TPSA) is 83.0 Å². The highest BCUT2D eigenvalue weighted by atomic mass is 35.5. The number of carbonyl (C=O) groups is 2. The van der Waals surface area contributed by atoms with Crippen molar-refractivity contribution in [3.05, 3.63) is 70.7 Å². The van der Waals surface area contributed by atoms with Gasteiger partial charge in [-0.3, -0.25) is 14.5 Å². The molecule has 32 heavy (non-hydrogen) atoms. The number of carbonyl (C=O) groups excluding carboxylic acids is 2. The van der Waals surface area contributed by atoms with E-state index < -0.39 is 0 Å². The zero-order valence-electron chi connectivity index (χ0n) is 18.0. The zero-order chi connectivity index (χ0) is 22.6. The third-order valence-electron chi connectivity index (χ3n) is 5.25. The third-order valence-corrected chi connectivity index (χ3v) is 5.49. The predicted octanol–water partition coefficient (Wildman–Crippen LogP) is 3.09. The number of ether oxygens (including phenoxy) is 1. The first-order chi connectivity index (χ1) is 15.6. The molecular formula is C24H29ClN4O3. The molecule has 1 unspecified atom stereocenters. The molecule has 7 nitrogen and oxygen atoms in total. The second kappa shape index (κ2) is 13.0. The Bertz CT molecular complexity index is 901. The van der Waals surface area contributed by atoms with Crippen LogP contribution >= 0.6 is 11.6 Å². The van der Waals surface area contributed by atoms with Gasteiger partial charge in [-0.1, -0.05) is 41.9 Å². The number of nitrogens with one attached hydrogen (secondary N) is 2. The molecule has 2 N–H and O–H groups in total. The van der Waals surface area contributed by atoms with Gasteiger partial charge < -0.3 is 10.1 Å². The van der Waals surface area contributed by atoms with E-state index in [0.29, 0.717) is 49.9 Å². The van der Waals surface area contributed by atoms with Crippen LogP contribution in [0.4, 0.5) is 0 Å². The van der Waals surface area contributed by atoms with E-state index in [2.05, 4.69) is 20.7 Å². The molecule has 2 amide bonds. The fourth-order valence-electron chi connectivity index (χ4n) is 3.56. The Hall–Kier alpha value is -2.74. The van der Waals surface area contributed by atoms with Crippen LogP contribution in [0.5, 0.6) is 0 Å². The molecular weight excluding hydrogens is 428 g/mol. The summed E-state index contributed by atoms with van der Waals surface area (Å²) < 4.78 is 5.43. The van der Waals surface area contributed by atoms with Gasteiger partial charge in [0.2, 0.25) is 0 Å². The standard InChI is InChI=1S/C24H29ClN4O3/c25-21-10-6-7-19(17-21)18-27-28-24(31)22(29-13-15-32-16-14-29)11-4-5-12-26-23(30)20-8-2-1-3-9-20/h1-3,6-10,17-18,22H,4-5,11-16H2,(H,26,30)(H,28,31). The molecule has 0 aliphatic carbocycles. The average Bonchev–Trinajstić information content (AvgIpc) is 2.82. The number of benzene rings is 2. The molecule has 1 heterocycles. The molecule has 1 aliphatic heterocycles. The van der Waals surface area contributed by atoms with Crippen LogP contribution < -0.4 is 10.7 Å². The fraction of sp³-hybridized carbons (Fsp3) is 0.375. The lowest BCUT2D eigenvalue weighted by molar-refractivity contribution is -0.128. The number of hydrazone groups is 1. The number of rotatable bonds is 10. The van der Waals surface area contributed by atoms with Crippen LogP contribution in [0.1, 0.15) is 35.2 Å². The van der Waals surface area contributed by atoms with E-state index in [1.807, 2.05) is 30.3 Å². The van der Waals surface area contributed by atoms with E-state index in [1.165, 1.54) is 0 Å². The summed E-state index contributed by atoms with van der Waals surface area (Å²) in [4.78, 5) is 27.1. The van der Waals surface area contributed by atoms with Crippen molar-refractivity contribution in [2.24, 2.45) is 5.10 Å². The molecule has 0 bridgehead atoms. The second-order valence-electron chi connectivity index (χ2n) is 7.57. The normalized spacial score (nSPS) is 15.4. The van der Waals surface area contributed by atoms with E-state index >= 15 is 0 Å². The summed E-state index contributed by atoms with van der Waals surface area (Å²) >= 11 is 5.98. The number of halogens is 1. The predicted molar refractivity (Wildman–Crippen MR) is 126 cm³/mol.